The Hall–Kier alpha value is -1.31. The second-order valence-corrected chi connectivity index (χ2v) is 7.84. The number of piperazine rings is 1. The number of hydrogen-bond donors (Lipinski definition) is 1. The van der Waals surface area contributed by atoms with Gasteiger partial charge in [0.1, 0.15) is 0 Å². The largest absolute Gasteiger partial charge is 0.391 e. The number of carbonyl (C=O) groups is 2. The van der Waals surface area contributed by atoms with Crippen LogP contribution in [0.4, 0.5) is 13.2 Å². The van der Waals surface area contributed by atoms with Gasteiger partial charge < -0.3 is 10.2 Å². The number of hydrogen-bond acceptors (Lipinski definition) is 3. The first-order chi connectivity index (χ1) is 12.3. The van der Waals surface area contributed by atoms with Crippen molar-refractivity contribution < 1.29 is 22.8 Å². The van der Waals surface area contributed by atoms with Crippen LogP contribution in [0, 0.1) is 5.92 Å². The van der Waals surface area contributed by atoms with Crippen molar-refractivity contribution in [1.82, 2.24) is 15.1 Å². The van der Waals surface area contributed by atoms with E-state index < -0.39 is 30.0 Å². The lowest BCUT2D eigenvalue weighted by Crippen LogP contribution is -2.55. The van der Waals surface area contributed by atoms with Gasteiger partial charge in [-0.25, -0.2) is 0 Å². The van der Waals surface area contributed by atoms with E-state index in [1.807, 2.05) is 0 Å². The topological polar surface area (TPSA) is 52.7 Å². The van der Waals surface area contributed by atoms with Crippen molar-refractivity contribution in [3.8, 4) is 0 Å². The Morgan fingerprint density at radius 3 is 2.15 bits per heavy atom. The van der Waals surface area contributed by atoms with Gasteiger partial charge in [-0.05, 0) is 32.1 Å². The number of halogens is 3. The molecule has 2 unspecified atom stereocenters. The molecule has 0 bridgehead atoms. The highest BCUT2D eigenvalue weighted by atomic mass is 19.4. The standard InChI is InChI=1S/C18H28F3N3O2/c19-18(20,21)13-4-3-5-14(12-13)22-16(25)17(26)24-10-8-23(9-11-24)15-6-1-2-7-15/h13-15H,1-12H2,(H,22,25). The maximum absolute atomic E-state index is 12.9. The van der Waals surface area contributed by atoms with Crippen molar-refractivity contribution in [1.29, 1.82) is 0 Å². The van der Waals surface area contributed by atoms with Gasteiger partial charge in [0.2, 0.25) is 0 Å². The molecule has 3 rings (SSSR count). The maximum Gasteiger partial charge on any atom is 0.391 e. The monoisotopic (exact) mass is 375 g/mol. The maximum atomic E-state index is 12.9. The fourth-order valence-electron chi connectivity index (χ4n) is 4.57. The predicted molar refractivity (Wildman–Crippen MR) is 90.4 cm³/mol. The Labute approximate surface area is 152 Å². The second kappa shape index (κ2) is 8.15. The smallest absolute Gasteiger partial charge is 0.345 e. The fraction of sp³-hybridized carbons (Fsp3) is 0.889. The molecule has 0 aromatic heterocycles. The fourth-order valence-corrected chi connectivity index (χ4v) is 4.57. The number of amides is 2. The summed E-state index contributed by atoms with van der Waals surface area (Å²) in [6.07, 6.45) is 1.59. The van der Waals surface area contributed by atoms with E-state index in [1.165, 1.54) is 30.6 Å². The van der Waals surface area contributed by atoms with Crippen molar-refractivity contribution in [2.75, 3.05) is 26.2 Å². The minimum absolute atomic E-state index is 0.104. The summed E-state index contributed by atoms with van der Waals surface area (Å²) in [6.45, 7) is 2.56. The van der Waals surface area contributed by atoms with Crippen LogP contribution in [-0.4, -0.2) is 66.1 Å². The van der Waals surface area contributed by atoms with E-state index in [4.69, 9.17) is 0 Å². The predicted octanol–water partition coefficient (Wildman–Crippen LogP) is 2.31. The Morgan fingerprint density at radius 1 is 0.885 bits per heavy atom. The van der Waals surface area contributed by atoms with Crippen LogP contribution in [-0.2, 0) is 9.59 Å². The van der Waals surface area contributed by atoms with Crippen LogP contribution >= 0.6 is 0 Å². The molecule has 2 saturated carbocycles. The zero-order valence-electron chi connectivity index (χ0n) is 15.1. The van der Waals surface area contributed by atoms with E-state index in [0.29, 0.717) is 32.0 Å². The summed E-state index contributed by atoms with van der Waals surface area (Å²) >= 11 is 0. The molecule has 8 heteroatoms. The second-order valence-electron chi connectivity index (χ2n) is 7.84. The van der Waals surface area contributed by atoms with Crippen LogP contribution in [0.5, 0.6) is 0 Å². The molecule has 1 N–H and O–H groups in total. The van der Waals surface area contributed by atoms with E-state index in [-0.39, 0.29) is 12.8 Å². The van der Waals surface area contributed by atoms with Crippen LogP contribution < -0.4 is 5.32 Å². The van der Waals surface area contributed by atoms with Crippen LogP contribution in [0.3, 0.4) is 0 Å². The third-order valence-electron chi connectivity index (χ3n) is 6.11. The molecule has 0 spiro atoms. The normalized spacial score (nSPS) is 29.0. The zero-order valence-corrected chi connectivity index (χ0v) is 15.1. The van der Waals surface area contributed by atoms with Crippen molar-refractivity contribution in [3.63, 3.8) is 0 Å². The molecule has 0 aromatic carbocycles. The molecule has 2 aliphatic carbocycles. The average molecular weight is 375 g/mol. The van der Waals surface area contributed by atoms with Gasteiger partial charge >= 0.3 is 18.0 Å². The van der Waals surface area contributed by atoms with Crippen LogP contribution in [0.1, 0.15) is 51.4 Å². The third kappa shape index (κ3) is 4.69. The number of carbonyl (C=O) groups excluding carboxylic acids is 2. The summed E-state index contributed by atoms with van der Waals surface area (Å²) in [5, 5.41) is 2.54. The quantitative estimate of drug-likeness (QED) is 0.754. The molecule has 0 aromatic rings. The first kappa shape index (κ1) is 19.5. The SMILES string of the molecule is O=C(NC1CCCC(C(F)(F)F)C1)C(=O)N1CCN(C2CCCC2)CC1. The molecule has 0 radical (unpaired) electrons. The molecular weight excluding hydrogens is 347 g/mol. The summed E-state index contributed by atoms with van der Waals surface area (Å²) in [4.78, 5) is 28.5. The van der Waals surface area contributed by atoms with E-state index >= 15 is 0 Å². The molecule has 3 aliphatic rings. The lowest BCUT2D eigenvalue weighted by molar-refractivity contribution is -0.184. The summed E-state index contributed by atoms with van der Waals surface area (Å²) in [5.41, 5.74) is 0. The summed E-state index contributed by atoms with van der Waals surface area (Å²) in [5.74, 6) is -2.75. The van der Waals surface area contributed by atoms with Gasteiger partial charge in [-0.1, -0.05) is 19.3 Å². The summed E-state index contributed by atoms with van der Waals surface area (Å²) in [6, 6.07) is 0.0363. The van der Waals surface area contributed by atoms with Gasteiger partial charge in [-0.2, -0.15) is 13.2 Å². The Bertz CT molecular complexity index is 512. The minimum Gasteiger partial charge on any atom is -0.345 e. The van der Waals surface area contributed by atoms with Gasteiger partial charge in [-0.3, -0.25) is 14.5 Å². The van der Waals surface area contributed by atoms with E-state index in [0.717, 1.165) is 13.1 Å². The lowest BCUT2D eigenvalue weighted by Gasteiger charge is -2.38. The zero-order chi connectivity index (χ0) is 18.7. The molecule has 3 fully saturated rings. The van der Waals surface area contributed by atoms with E-state index in [1.54, 1.807) is 0 Å². The Kier molecular flexibility index (Phi) is 6.10. The highest BCUT2D eigenvalue weighted by Gasteiger charge is 2.42. The number of nitrogens with one attached hydrogen (secondary N) is 1. The number of nitrogens with zero attached hydrogens (tertiary/aromatic N) is 2. The lowest BCUT2D eigenvalue weighted by atomic mass is 9.85. The Balaban J connectivity index is 1.45. The molecule has 2 atom stereocenters. The first-order valence-electron chi connectivity index (χ1n) is 9.75. The first-order valence-corrected chi connectivity index (χ1v) is 9.75. The van der Waals surface area contributed by atoms with Crippen molar-refractivity contribution in [3.05, 3.63) is 0 Å². The van der Waals surface area contributed by atoms with Crippen LogP contribution in [0.2, 0.25) is 0 Å². The molecular formula is C18H28F3N3O2. The van der Waals surface area contributed by atoms with Crippen LogP contribution in [0.25, 0.3) is 0 Å². The minimum atomic E-state index is -4.23. The van der Waals surface area contributed by atoms with Crippen molar-refractivity contribution >= 4 is 11.8 Å². The third-order valence-corrected chi connectivity index (χ3v) is 6.11. The molecule has 1 heterocycles. The average Bonchev–Trinajstić information content (AvgIpc) is 3.15. The molecule has 148 valence electrons. The van der Waals surface area contributed by atoms with Gasteiger partial charge in [0.25, 0.3) is 0 Å². The summed E-state index contributed by atoms with van der Waals surface area (Å²) in [7, 11) is 0. The van der Waals surface area contributed by atoms with Crippen molar-refractivity contribution in [2.24, 2.45) is 5.92 Å². The number of rotatable bonds is 2. The van der Waals surface area contributed by atoms with E-state index in [2.05, 4.69) is 10.2 Å². The van der Waals surface area contributed by atoms with E-state index in [9.17, 15) is 22.8 Å². The molecule has 26 heavy (non-hydrogen) atoms. The van der Waals surface area contributed by atoms with Gasteiger partial charge in [0.15, 0.2) is 0 Å². The molecule has 2 amide bonds. The Morgan fingerprint density at radius 2 is 1.54 bits per heavy atom. The van der Waals surface area contributed by atoms with Crippen molar-refractivity contribution in [2.45, 2.75) is 69.6 Å². The van der Waals surface area contributed by atoms with Gasteiger partial charge in [-0.15, -0.1) is 0 Å². The van der Waals surface area contributed by atoms with Crippen LogP contribution in [0.15, 0.2) is 0 Å². The molecule has 1 saturated heterocycles. The highest BCUT2D eigenvalue weighted by Crippen LogP contribution is 2.37. The molecule has 5 nitrogen and oxygen atoms in total. The molecule has 1 aliphatic heterocycles. The van der Waals surface area contributed by atoms with Gasteiger partial charge in [0, 0.05) is 38.3 Å². The van der Waals surface area contributed by atoms with Gasteiger partial charge in [0.05, 0.1) is 5.92 Å². The summed E-state index contributed by atoms with van der Waals surface area (Å²) < 4.78 is 38.6. The highest BCUT2D eigenvalue weighted by molar-refractivity contribution is 6.35. The number of alkyl halides is 3.